The zero-order valence-corrected chi connectivity index (χ0v) is 12.1. The lowest BCUT2D eigenvalue weighted by Crippen LogP contribution is -2.36. The number of carbonyl (C=O) groups excluding carboxylic acids is 1. The Bertz CT molecular complexity index is 482. The second-order valence-corrected chi connectivity index (χ2v) is 6.21. The highest BCUT2D eigenvalue weighted by Crippen LogP contribution is 2.27. The average Bonchev–Trinajstić information content (AvgIpc) is 2.70. The van der Waals surface area contributed by atoms with E-state index in [1.165, 1.54) is 12.1 Å². The summed E-state index contributed by atoms with van der Waals surface area (Å²) in [6, 6.07) is 6.11. The van der Waals surface area contributed by atoms with Crippen molar-refractivity contribution >= 4 is 6.09 Å². The molecular weight excluding hydrogens is 259 g/mol. The van der Waals surface area contributed by atoms with Crippen LogP contribution in [-0.2, 0) is 4.74 Å². The SMILES string of the molecule is CC(C)(C)OC(=O)N1CC(N)C(c2ccc(F)cc2)C1. The third-order valence-electron chi connectivity index (χ3n) is 3.31. The van der Waals surface area contributed by atoms with E-state index in [0.29, 0.717) is 13.1 Å². The predicted octanol–water partition coefficient (Wildman–Crippen LogP) is 2.49. The summed E-state index contributed by atoms with van der Waals surface area (Å²) in [7, 11) is 0. The summed E-state index contributed by atoms with van der Waals surface area (Å²) >= 11 is 0. The van der Waals surface area contributed by atoms with E-state index in [1.54, 1.807) is 17.0 Å². The Morgan fingerprint density at radius 2 is 1.90 bits per heavy atom. The number of hydrogen-bond acceptors (Lipinski definition) is 3. The molecule has 0 saturated carbocycles. The molecule has 1 saturated heterocycles. The Morgan fingerprint density at radius 3 is 2.45 bits per heavy atom. The highest BCUT2D eigenvalue weighted by molar-refractivity contribution is 5.69. The largest absolute Gasteiger partial charge is 0.444 e. The maximum absolute atomic E-state index is 12.9. The molecule has 0 radical (unpaired) electrons. The van der Waals surface area contributed by atoms with E-state index in [0.717, 1.165) is 5.56 Å². The fraction of sp³-hybridized carbons (Fsp3) is 0.533. The first-order valence-electron chi connectivity index (χ1n) is 6.75. The lowest BCUT2D eigenvalue weighted by atomic mass is 9.95. The third kappa shape index (κ3) is 3.48. The number of benzene rings is 1. The molecule has 0 aromatic heterocycles. The molecule has 1 heterocycles. The number of hydrogen-bond donors (Lipinski definition) is 1. The summed E-state index contributed by atoms with van der Waals surface area (Å²) in [6.45, 7) is 6.45. The van der Waals surface area contributed by atoms with Crippen molar-refractivity contribution in [3.05, 3.63) is 35.6 Å². The number of nitrogens with zero attached hydrogens (tertiary/aromatic N) is 1. The Kier molecular flexibility index (Phi) is 3.99. The molecule has 2 rings (SSSR count). The Labute approximate surface area is 118 Å². The Balaban J connectivity index is 2.05. The molecule has 0 bridgehead atoms. The van der Waals surface area contributed by atoms with E-state index in [-0.39, 0.29) is 23.9 Å². The standard InChI is InChI=1S/C15H21FN2O2/c1-15(2,3)20-14(19)18-8-12(13(17)9-18)10-4-6-11(16)7-5-10/h4-7,12-13H,8-9,17H2,1-3H3. The van der Waals surface area contributed by atoms with Gasteiger partial charge in [-0.15, -0.1) is 0 Å². The number of nitrogens with two attached hydrogens (primary N) is 1. The summed E-state index contributed by atoms with van der Waals surface area (Å²) in [5.41, 5.74) is 6.53. The first kappa shape index (κ1) is 14.8. The lowest BCUT2D eigenvalue weighted by molar-refractivity contribution is 0.0290. The zero-order valence-electron chi connectivity index (χ0n) is 12.1. The summed E-state index contributed by atoms with van der Waals surface area (Å²) in [5, 5.41) is 0. The van der Waals surface area contributed by atoms with Gasteiger partial charge in [0.15, 0.2) is 0 Å². The van der Waals surface area contributed by atoms with Gasteiger partial charge in [0.2, 0.25) is 0 Å². The number of carbonyl (C=O) groups is 1. The van der Waals surface area contributed by atoms with Gasteiger partial charge >= 0.3 is 6.09 Å². The van der Waals surface area contributed by atoms with E-state index in [4.69, 9.17) is 10.5 Å². The minimum Gasteiger partial charge on any atom is -0.444 e. The minimum absolute atomic E-state index is 0.0168. The first-order chi connectivity index (χ1) is 9.26. The summed E-state index contributed by atoms with van der Waals surface area (Å²) < 4.78 is 18.3. The van der Waals surface area contributed by atoms with Crippen molar-refractivity contribution in [2.24, 2.45) is 5.73 Å². The summed E-state index contributed by atoms with van der Waals surface area (Å²) in [4.78, 5) is 13.6. The van der Waals surface area contributed by atoms with Crippen LogP contribution < -0.4 is 5.73 Å². The summed E-state index contributed by atoms with van der Waals surface area (Å²) in [5.74, 6) is -0.257. The van der Waals surface area contributed by atoms with Gasteiger partial charge in [-0.3, -0.25) is 0 Å². The Morgan fingerprint density at radius 1 is 1.30 bits per heavy atom. The minimum atomic E-state index is -0.519. The molecule has 2 atom stereocenters. The number of amides is 1. The summed E-state index contributed by atoms with van der Waals surface area (Å²) in [6.07, 6.45) is -0.349. The molecule has 4 nitrogen and oxygen atoms in total. The van der Waals surface area contributed by atoms with E-state index < -0.39 is 5.60 Å². The van der Waals surface area contributed by atoms with Crippen LogP contribution in [0.1, 0.15) is 32.3 Å². The zero-order chi connectivity index (χ0) is 14.9. The van der Waals surface area contributed by atoms with Gasteiger partial charge in [-0.2, -0.15) is 0 Å². The molecule has 2 unspecified atom stereocenters. The first-order valence-corrected chi connectivity index (χ1v) is 6.75. The van der Waals surface area contributed by atoms with Gasteiger partial charge in [0.25, 0.3) is 0 Å². The van der Waals surface area contributed by atoms with Crippen LogP contribution in [0.5, 0.6) is 0 Å². The molecule has 1 aromatic rings. The topological polar surface area (TPSA) is 55.6 Å². The molecule has 5 heteroatoms. The maximum atomic E-state index is 12.9. The molecule has 1 aromatic carbocycles. The van der Waals surface area contributed by atoms with Crippen LogP contribution in [0, 0.1) is 5.82 Å². The molecule has 1 amide bonds. The van der Waals surface area contributed by atoms with Gasteiger partial charge in [0.1, 0.15) is 11.4 Å². The van der Waals surface area contributed by atoms with Crippen LogP contribution >= 0.6 is 0 Å². The van der Waals surface area contributed by atoms with E-state index in [1.807, 2.05) is 20.8 Å². The molecular formula is C15H21FN2O2. The highest BCUT2D eigenvalue weighted by atomic mass is 19.1. The molecule has 1 aliphatic heterocycles. The van der Waals surface area contributed by atoms with Crippen LogP contribution in [0.15, 0.2) is 24.3 Å². The van der Waals surface area contributed by atoms with Crippen molar-refractivity contribution in [2.75, 3.05) is 13.1 Å². The Hall–Kier alpha value is -1.62. The second-order valence-electron chi connectivity index (χ2n) is 6.21. The molecule has 0 aliphatic carbocycles. The van der Waals surface area contributed by atoms with Gasteiger partial charge in [0, 0.05) is 25.0 Å². The quantitative estimate of drug-likeness (QED) is 0.860. The van der Waals surface area contributed by atoms with Crippen molar-refractivity contribution < 1.29 is 13.9 Å². The number of halogens is 1. The molecule has 0 spiro atoms. The molecule has 1 aliphatic rings. The van der Waals surface area contributed by atoms with Crippen molar-refractivity contribution in [1.29, 1.82) is 0 Å². The average molecular weight is 280 g/mol. The number of ether oxygens (including phenoxy) is 1. The van der Waals surface area contributed by atoms with Crippen LogP contribution in [-0.4, -0.2) is 35.7 Å². The van der Waals surface area contributed by atoms with Gasteiger partial charge in [-0.1, -0.05) is 12.1 Å². The maximum Gasteiger partial charge on any atom is 0.410 e. The van der Waals surface area contributed by atoms with E-state index in [2.05, 4.69) is 0 Å². The normalized spacial score (nSPS) is 22.9. The van der Waals surface area contributed by atoms with E-state index in [9.17, 15) is 9.18 Å². The van der Waals surface area contributed by atoms with Gasteiger partial charge in [0.05, 0.1) is 0 Å². The van der Waals surface area contributed by atoms with Crippen molar-refractivity contribution in [3.63, 3.8) is 0 Å². The monoisotopic (exact) mass is 280 g/mol. The lowest BCUT2D eigenvalue weighted by Gasteiger charge is -2.24. The van der Waals surface area contributed by atoms with Crippen molar-refractivity contribution in [3.8, 4) is 0 Å². The molecule has 110 valence electrons. The van der Waals surface area contributed by atoms with Gasteiger partial charge in [-0.25, -0.2) is 9.18 Å². The smallest absolute Gasteiger partial charge is 0.410 e. The van der Waals surface area contributed by atoms with Crippen LogP contribution in [0.3, 0.4) is 0 Å². The molecule has 1 fully saturated rings. The second kappa shape index (κ2) is 5.40. The molecule has 2 N–H and O–H groups in total. The van der Waals surface area contributed by atoms with Crippen LogP contribution in [0.4, 0.5) is 9.18 Å². The van der Waals surface area contributed by atoms with Gasteiger partial charge < -0.3 is 15.4 Å². The third-order valence-corrected chi connectivity index (χ3v) is 3.31. The number of rotatable bonds is 1. The van der Waals surface area contributed by atoms with Crippen LogP contribution in [0.25, 0.3) is 0 Å². The molecule has 20 heavy (non-hydrogen) atoms. The van der Waals surface area contributed by atoms with Crippen molar-refractivity contribution in [1.82, 2.24) is 4.90 Å². The van der Waals surface area contributed by atoms with Gasteiger partial charge in [-0.05, 0) is 38.5 Å². The fourth-order valence-corrected chi connectivity index (χ4v) is 2.37. The number of likely N-dealkylation sites (tertiary alicyclic amines) is 1. The predicted molar refractivity (Wildman–Crippen MR) is 74.9 cm³/mol. The van der Waals surface area contributed by atoms with E-state index >= 15 is 0 Å². The van der Waals surface area contributed by atoms with Crippen LogP contribution in [0.2, 0.25) is 0 Å². The van der Waals surface area contributed by atoms with Crippen molar-refractivity contribution in [2.45, 2.75) is 38.3 Å². The fourth-order valence-electron chi connectivity index (χ4n) is 2.37. The highest BCUT2D eigenvalue weighted by Gasteiger charge is 2.35.